The first kappa shape index (κ1) is 20.2. The molecule has 0 atom stereocenters. The van der Waals surface area contributed by atoms with E-state index >= 15 is 0 Å². The predicted octanol–water partition coefficient (Wildman–Crippen LogP) is 6.76. The van der Waals surface area contributed by atoms with Crippen molar-refractivity contribution < 1.29 is 18.0 Å². The highest BCUT2D eigenvalue weighted by Crippen LogP contribution is 2.35. The first-order chi connectivity index (χ1) is 13.8. The maximum atomic E-state index is 12.7. The molecule has 3 aromatic rings. The number of alkyl halides is 3. The highest BCUT2D eigenvalue weighted by molar-refractivity contribution is 7.98. The molecule has 0 saturated heterocycles. The van der Waals surface area contributed by atoms with E-state index in [2.05, 4.69) is 11.1 Å². The van der Waals surface area contributed by atoms with Gasteiger partial charge in [-0.3, -0.25) is 4.79 Å². The van der Waals surface area contributed by atoms with Crippen molar-refractivity contribution in [1.82, 2.24) is 4.98 Å². The van der Waals surface area contributed by atoms with Crippen molar-refractivity contribution in [2.45, 2.75) is 36.6 Å². The molecule has 0 saturated carbocycles. The number of ketones is 1. The number of thiazole rings is 1. The molecule has 1 radical (unpaired) electrons. The molecule has 0 fully saturated rings. The average Bonchev–Trinajstić information content (AvgIpc) is 3.06. The van der Waals surface area contributed by atoms with Crippen molar-refractivity contribution in [3.8, 4) is 10.6 Å². The minimum Gasteiger partial charge on any atom is -0.294 e. The molecule has 7 heteroatoms. The summed E-state index contributed by atoms with van der Waals surface area (Å²) in [6.07, 6.45) is -0.938. The van der Waals surface area contributed by atoms with Crippen molar-refractivity contribution in [2.24, 2.45) is 0 Å². The zero-order valence-electron chi connectivity index (χ0n) is 15.5. The Balaban J connectivity index is 1.48. The maximum absolute atomic E-state index is 12.7. The number of Topliss-reactive ketones (excluding diaryl/α,β-unsaturated/α-hetero) is 1. The van der Waals surface area contributed by atoms with E-state index in [4.69, 9.17) is 0 Å². The third-order valence-electron chi connectivity index (χ3n) is 4.81. The van der Waals surface area contributed by atoms with E-state index in [1.807, 2.05) is 19.1 Å². The molecule has 2 aromatic carbocycles. The van der Waals surface area contributed by atoms with Gasteiger partial charge >= 0.3 is 6.18 Å². The number of hydrogen-bond donors (Lipinski definition) is 0. The second-order valence-electron chi connectivity index (χ2n) is 6.82. The van der Waals surface area contributed by atoms with E-state index in [1.165, 1.54) is 23.5 Å². The Kier molecular flexibility index (Phi) is 5.53. The molecule has 1 heterocycles. The lowest BCUT2D eigenvalue weighted by Gasteiger charge is -2.15. The summed E-state index contributed by atoms with van der Waals surface area (Å²) < 4.78 is 38.2. The van der Waals surface area contributed by atoms with Crippen LogP contribution in [0.3, 0.4) is 0 Å². The molecule has 4 rings (SSSR count). The molecule has 0 aliphatic heterocycles. The van der Waals surface area contributed by atoms with Crippen LogP contribution in [0.25, 0.3) is 10.6 Å². The summed E-state index contributed by atoms with van der Waals surface area (Å²) in [6, 6.07) is 11.1. The first-order valence-corrected chi connectivity index (χ1v) is 10.9. The van der Waals surface area contributed by atoms with Gasteiger partial charge in [-0.1, -0.05) is 18.2 Å². The van der Waals surface area contributed by atoms with Gasteiger partial charge < -0.3 is 0 Å². The van der Waals surface area contributed by atoms with Gasteiger partial charge in [0.25, 0.3) is 0 Å². The topological polar surface area (TPSA) is 30.0 Å². The zero-order chi connectivity index (χ0) is 20.6. The molecular weight excluding hydrogens is 415 g/mol. The number of aryl methyl sites for hydroxylation is 2. The summed E-state index contributed by atoms with van der Waals surface area (Å²) in [4.78, 5) is 18.6. The number of rotatable bonds is 4. The Bertz CT molecular complexity index is 1050. The van der Waals surface area contributed by atoms with E-state index in [0.717, 1.165) is 62.3 Å². The molecule has 1 aromatic heterocycles. The Morgan fingerprint density at radius 1 is 1.14 bits per heavy atom. The Morgan fingerprint density at radius 2 is 1.90 bits per heavy atom. The van der Waals surface area contributed by atoms with Gasteiger partial charge in [-0.05, 0) is 49.6 Å². The van der Waals surface area contributed by atoms with Gasteiger partial charge in [0.05, 0.1) is 11.3 Å². The van der Waals surface area contributed by atoms with Gasteiger partial charge in [0, 0.05) is 33.1 Å². The fourth-order valence-electron chi connectivity index (χ4n) is 3.21. The number of hydrogen-bond acceptors (Lipinski definition) is 4. The molecule has 0 unspecified atom stereocenters. The van der Waals surface area contributed by atoms with Crippen molar-refractivity contribution in [3.63, 3.8) is 0 Å². The van der Waals surface area contributed by atoms with E-state index in [9.17, 15) is 18.0 Å². The quantitative estimate of drug-likeness (QED) is 0.427. The summed E-state index contributed by atoms with van der Waals surface area (Å²) in [6.45, 7) is 1.92. The minimum absolute atomic E-state index is 0.0993. The van der Waals surface area contributed by atoms with Gasteiger partial charge in [-0.25, -0.2) is 4.98 Å². The summed E-state index contributed by atoms with van der Waals surface area (Å²) in [5.41, 5.74) is 2.80. The summed E-state index contributed by atoms with van der Waals surface area (Å²) in [5.74, 6) is 0.825. The van der Waals surface area contributed by atoms with E-state index in [1.54, 1.807) is 18.2 Å². The van der Waals surface area contributed by atoms with Gasteiger partial charge in [-0.2, -0.15) is 13.2 Å². The number of nitrogens with zero attached hydrogens (tertiary/aromatic N) is 1. The minimum atomic E-state index is -4.34. The standard InChI is InChI=1S/C22H17F3NOS2/c1-13-20(12-28-17-9-10-18-15(11-17)3-2-4-19(18)27)29-21(26-13)14-5-7-16(8-6-14)22(23,24)25/h4-11H,2-3,12H2,1H3. The Hall–Kier alpha value is -2.12. The third kappa shape index (κ3) is 4.41. The molecule has 2 nitrogen and oxygen atoms in total. The number of fused-ring (bicyclic) bond motifs is 1. The zero-order valence-corrected chi connectivity index (χ0v) is 17.2. The molecule has 0 amide bonds. The van der Waals surface area contributed by atoms with Crippen LogP contribution in [-0.2, 0) is 18.3 Å². The summed E-state index contributed by atoms with van der Waals surface area (Å²) in [7, 11) is 0. The van der Waals surface area contributed by atoms with E-state index in [-0.39, 0.29) is 5.78 Å². The van der Waals surface area contributed by atoms with Gasteiger partial charge in [0.1, 0.15) is 5.01 Å². The van der Waals surface area contributed by atoms with Crippen molar-refractivity contribution >= 4 is 28.9 Å². The van der Waals surface area contributed by atoms with Crippen LogP contribution in [0, 0.1) is 13.3 Å². The molecule has 149 valence electrons. The smallest absolute Gasteiger partial charge is 0.294 e. The number of benzene rings is 2. The highest BCUT2D eigenvalue weighted by Gasteiger charge is 2.30. The van der Waals surface area contributed by atoms with Crippen LogP contribution in [0.1, 0.15) is 38.5 Å². The fourth-order valence-corrected chi connectivity index (χ4v) is 5.38. The first-order valence-electron chi connectivity index (χ1n) is 9.08. The van der Waals surface area contributed by atoms with Crippen LogP contribution >= 0.6 is 23.1 Å². The van der Waals surface area contributed by atoms with E-state index in [0.29, 0.717) is 5.56 Å². The lowest BCUT2D eigenvalue weighted by molar-refractivity contribution is -0.137. The van der Waals surface area contributed by atoms with E-state index < -0.39 is 11.7 Å². The summed E-state index contributed by atoms with van der Waals surface area (Å²) in [5, 5.41) is 0.721. The van der Waals surface area contributed by atoms with Crippen LogP contribution in [0.4, 0.5) is 13.2 Å². The van der Waals surface area contributed by atoms with Crippen LogP contribution in [-0.4, -0.2) is 10.8 Å². The van der Waals surface area contributed by atoms with Crippen LogP contribution in [0.15, 0.2) is 47.4 Å². The molecule has 0 bridgehead atoms. The monoisotopic (exact) mass is 432 g/mol. The fraction of sp³-hybridized carbons (Fsp3) is 0.227. The molecule has 0 spiro atoms. The largest absolute Gasteiger partial charge is 0.416 e. The number of carbonyl (C=O) groups is 1. The lowest BCUT2D eigenvalue weighted by Crippen LogP contribution is -2.11. The van der Waals surface area contributed by atoms with Gasteiger partial charge in [0.2, 0.25) is 0 Å². The third-order valence-corrected chi connectivity index (χ3v) is 7.22. The number of aromatic nitrogens is 1. The number of thioether (sulfide) groups is 1. The highest BCUT2D eigenvalue weighted by atomic mass is 32.2. The predicted molar refractivity (Wildman–Crippen MR) is 110 cm³/mol. The van der Waals surface area contributed by atoms with Crippen LogP contribution in [0.5, 0.6) is 0 Å². The molecule has 1 aliphatic rings. The Morgan fingerprint density at radius 3 is 2.62 bits per heavy atom. The van der Waals surface area contributed by atoms with Crippen LogP contribution < -0.4 is 0 Å². The molecular formula is C22H17F3NOS2. The maximum Gasteiger partial charge on any atom is 0.416 e. The second-order valence-corrected chi connectivity index (χ2v) is 8.95. The lowest BCUT2D eigenvalue weighted by atomic mass is 9.91. The second kappa shape index (κ2) is 7.95. The number of carbonyl (C=O) groups excluding carboxylic acids is 1. The van der Waals surface area contributed by atoms with Gasteiger partial charge in [0.15, 0.2) is 5.78 Å². The van der Waals surface area contributed by atoms with Crippen molar-refractivity contribution in [1.29, 1.82) is 0 Å². The van der Waals surface area contributed by atoms with Crippen molar-refractivity contribution in [2.75, 3.05) is 0 Å². The number of halogens is 3. The molecule has 29 heavy (non-hydrogen) atoms. The normalized spacial score (nSPS) is 14.1. The Labute approximate surface area is 175 Å². The SMILES string of the molecule is Cc1nc(-c2ccc(C(F)(F)F)cc2)sc1CSc1ccc2c(c1)CC[CH]C2=O. The molecule has 0 N–H and O–H groups in total. The van der Waals surface area contributed by atoms with Crippen LogP contribution in [0.2, 0.25) is 0 Å². The van der Waals surface area contributed by atoms with Gasteiger partial charge in [-0.15, -0.1) is 23.1 Å². The molecule has 1 aliphatic carbocycles. The average molecular weight is 433 g/mol. The summed E-state index contributed by atoms with van der Waals surface area (Å²) >= 11 is 3.18. The van der Waals surface area contributed by atoms with Crippen molar-refractivity contribution in [3.05, 3.63) is 76.1 Å².